The second-order valence-corrected chi connectivity index (χ2v) is 3.61. The zero-order valence-electron chi connectivity index (χ0n) is 8.69. The molecular weight excluding hydrogens is 190 g/mol. The number of hydrogen-bond donors (Lipinski definition) is 0. The lowest BCUT2D eigenvalue weighted by Crippen LogP contribution is -2.11. The average Bonchev–Trinajstić information content (AvgIpc) is 2.29. The zero-order chi connectivity index (χ0) is 10.7. The second-order valence-electron chi connectivity index (χ2n) is 3.61. The van der Waals surface area contributed by atoms with E-state index in [-0.39, 0.29) is 5.78 Å². The van der Waals surface area contributed by atoms with Crippen LogP contribution in [0.15, 0.2) is 30.0 Å². The molecule has 0 saturated heterocycles. The van der Waals surface area contributed by atoms with Crippen molar-refractivity contribution >= 4 is 5.78 Å². The van der Waals surface area contributed by atoms with E-state index in [9.17, 15) is 4.79 Å². The van der Waals surface area contributed by atoms with Crippen LogP contribution in [0.25, 0.3) is 0 Å². The Hall–Kier alpha value is -1.64. The van der Waals surface area contributed by atoms with Gasteiger partial charge in [-0.2, -0.15) is 0 Å². The molecule has 1 aromatic heterocycles. The molecule has 3 nitrogen and oxygen atoms in total. The molecule has 0 spiro atoms. The fourth-order valence-electron chi connectivity index (χ4n) is 1.57. The number of nitrogens with zero attached hydrogens (tertiary/aromatic N) is 1. The van der Waals surface area contributed by atoms with Gasteiger partial charge in [0.15, 0.2) is 0 Å². The first-order valence-electron chi connectivity index (χ1n) is 5.06. The van der Waals surface area contributed by atoms with Gasteiger partial charge in [0.25, 0.3) is 0 Å². The highest BCUT2D eigenvalue weighted by Gasteiger charge is 2.16. The van der Waals surface area contributed by atoms with Crippen molar-refractivity contribution in [3.63, 3.8) is 0 Å². The predicted molar refractivity (Wildman–Crippen MR) is 56.6 cm³/mol. The number of carbonyl (C=O) groups excluding carboxylic acids is 1. The SMILES string of the molecule is Cc1cccc(C(=O)C2=COCCC2)n1. The molecule has 0 atom stereocenters. The number of rotatable bonds is 2. The van der Waals surface area contributed by atoms with Gasteiger partial charge in [0.1, 0.15) is 5.69 Å². The first kappa shape index (κ1) is 9.90. The van der Waals surface area contributed by atoms with Gasteiger partial charge in [-0.05, 0) is 31.9 Å². The van der Waals surface area contributed by atoms with Crippen molar-refractivity contribution < 1.29 is 9.53 Å². The second kappa shape index (κ2) is 4.26. The van der Waals surface area contributed by atoms with Crippen LogP contribution < -0.4 is 0 Å². The van der Waals surface area contributed by atoms with E-state index < -0.39 is 0 Å². The summed E-state index contributed by atoms with van der Waals surface area (Å²) in [7, 11) is 0. The monoisotopic (exact) mass is 203 g/mol. The number of ether oxygens (including phenoxy) is 1. The molecule has 0 amide bonds. The first-order chi connectivity index (χ1) is 7.27. The Bertz CT molecular complexity index is 410. The molecular formula is C12H13NO2. The molecule has 15 heavy (non-hydrogen) atoms. The minimum Gasteiger partial charge on any atom is -0.501 e. The topological polar surface area (TPSA) is 39.2 Å². The first-order valence-corrected chi connectivity index (χ1v) is 5.06. The number of allylic oxidation sites excluding steroid dienone is 1. The van der Waals surface area contributed by atoms with Gasteiger partial charge in [-0.3, -0.25) is 4.79 Å². The summed E-state index contributed by atoms with van der Waals surface area (Å²) >= 11 is 0. The summed E-state index contributed by atoms with van der Waals surface area (Å²) in [6.45, 7) is 2.58. The van der Waals surface area contributed by atoms with Crippen LogP contribution >= 0.6 is 0 Å². The van der Waals surface area contributed by atoms with Crippen LogP contribution in [0.1, 0.15) is 29.0 Å². The summed E-state index contributed by atoms with van der Waals surface area (Å²) in [5, 5.41) is 0. The maximum atomic E-state index is 11.9. The summed E-state index contributed by atoms with van der Waals surface area (Å²) in [5.74, 6) is -0.0154. The van der Waals surface area contributed by atoms with Gasteiger partial charge in [0, 0.05) is 11.3 Å². The summed E-state index contributed by atoms with van der Waals surface area (Å²) in [6, 6.07) is 5.47. The molecule has 0 fully saturated rings. The Labute approximate surface area is 88.8 Å². The number of hydrogen-bond acceptors (Lipinski definition) is 3. The Morgan fingerprint density at radius 3 is 3.00 bits per heavy atom. The number of aromatic nitrogens is 1. The molecule has 0 aliphatic carbocycles. The lowest BCUT2D eigenvalue weighted by molar-refractivity contribution is 0.100. The van der Waals surface area contributed by atoms with E-state index in [0.29, 0.717) is 12.3 Å². The lowest BCUT2D eigenvalue weighted by atomic mass is 10.0. The van der Waals surface area contributed by atoms with Crippen LogP contribution in [0.5, 0.6) is 0 Å². The van der Waals surface area contributed by atoms with E-state index in [2.05, 4.69) is 4.98 Å². The van der Waals surface area contributed by atoms with Crippen LogP contribution in [0.4, 0.5) is 0 Å². The molecule has 0 radical (unpaired) electrons. The largest absolute Gasteiger partial charge is 0.501 e. The number of aryl methyl sites for hydroxylation is 1. The Morgan fingerprint density at radius 1 is 1.47 bits per heavy atom. The summed E-state index contributed by atoms with van der Waals surface area (Å²) in [4.78, 5) is 16.1. The van der Waals surface area contributed by atoms with Crippen molar-refractivity contribution in [1.29, 1.82) is 0 Å². The molecule has 0 saturated carbocycles. The minimum absolute atomic E-state index is 0.0154. The van der Waals surface area contributed by atoms with Crippen molar-refractivity contribution in [3.8, 4) is 0 Å². The third-order valence-electron chi connectivity index (χ3n) is 2.35. The van der Waals surface area contributed by atoms with E-state index >= 15 is 0 Å². The smallest absolute Gasteiger partial charge is 0.210 e. The number of pyridine rings is 1. The van der Waals surface area contributed by atoms with Gasteiger partial charge in [0.05, 0.1) is 12.9 Å². The molecule has 78 valence electrons. The zero-order valence-corrected chi connectivity index (χ0v) is 8.69. The molecule has 0 aromatic carbocycles. The van der Waals surface area contributed by atoms with Gasteiger partial charge in [-0.15, -0.1) is 0 Å². The molecule has 2 heterocycles. The van der Waals surface area contributed by atoms with Crippen molar-refractivity contribution in [2.24, 2.45) is 0 Å². The average molecular weight is 203 g/mol. The standard InChI is InChI=1S/C12H13NO2/c1-9-4-2-6-11(13-9)12(14)10-5-3-7-15-8-10/h2,4,6,8H,3,5,7H2,1H3. The summed E-state index contributed by atoms with van der Waals surface area (Å²) < 4.78 is 5.14. The fourth-order valence-corrected chi connectivity index (χ4v) is 1.57. The van der Waals surface area contributed by atoms with Gasteiger partial charge in [0.2, 0.25) is 5.78 Å². The molecule has 1 aliphatic heterocycles. The van der Waals surface area contributed by atoms with E-state index in [0.717, 1.165) is 24.1 Å². The van der Waals surface area contributed by atoms with Crippen molar-refractivity contribution in [1.82, 2.24) is 4.98 Å². The Balaban J connectivity index is 2.24. The maximum absolute atomic E-state index is 11.9. The maximum Gasteiger partial charge on any atom is 0.210 e. The van der Waals surface area contributed by atoms with Crippen molar-refractivity contribution in [2.45, 2.75) is 19.8 Å². The molecule has 1 aromatic rings. The minimum atomic E-state index is -0.0154. The van der Waals surface area contributed by atoms with E-state index in [1.165, 1.54) is 0 Å². The third kappa shape index (κ3) is 2.24. The number of Topliss-reactive ketones (excluding diaryl/α,β-unsaturated/α-hetero) is 1. The van der Waals surface area contributed by atoms with Gasteiger partial charge < -0.3 is 4.74 Å². The van der Waals surface area contributed by atoms with Gasteiger partial charge >= 0.3 is 0 Å². The fraction of sp³-hybridized carbons (Fsp3) is 0.333. The van der Waals surface area contributed by atoms with E-state index in [1.807, 2.05) is 19.1 Å². The molecule has 0 N–H and O–H groups in total. The van der Waals surface area contributed by atoms with Crippen LogP contribution in [-0.2, 0) is 4.74 Å². The normalized spacial score (nSPS) is 15.4. The summed E-state index contributed by atoms with van der Waals surface area (Å²) in [5.41, 5.74) is 2.09. The van der Waals surface area contributed by atoms with Crippen LogP contribution in [0, 0.1) is 6.92 Å². The van der Waals surface area contributed by atoms with Crippen LogP contribution in [0.3, 0.4) is 0 Å². The number of ketones is 1. The summed E-state index contributed by atoms with van der Waals surface area (Å²) in [6.07, 6.45) is 3.26. The Morgan fingerprint density at radius 2 is 2.33 bits per heavy atom. The predicted octanol–water partition coefficient (Wildman–Crippen LogP) is 2.27. The van der Waals surface area contributed by atoms with Crippen molar-refractivity contribution in [2.75, 3.05) is 6.61 Å². The van der Waals surface area contributed by atoms with Gasteiger partial charge in [-0.1, -0.05) is 6.07 Å². The molecule has 0 unspecified atom stereocenters. The third-order valence-corrected chi connectivity index (χ3v) is 2.35. The highest BCUT2D eigenvalue weighted by atomic mass is 16.5. The lowest BCUT2D eigenvalue weighted by Gasteiger charge is -2.12. The van der Waals surface area contributed by atoms with E-state index in [1.54, 1.807) is 12.3 Å². The molecule has 0 bridgehead atoms. The highest BCUT2D eigenvalue weighted by molar-refractivity contribution is 6.07. The number of carbonyl (C=O) groups is 1. The van der Waals surface area contributed by atoms with Crippen LogP contribution in [0.2, 0.25) is 0 Å². The van der Waals surface area contributed by atoms with Crippen molar-refractivity contribution in [3.05, 3.63) is 41.4 Å². The highest BCUT2D eigenvalue weighted by Crippen LogP contribution is 2.16. The molecule has 2 rings (SSSR count). The molecule has 1 aliphatic rings. The Kier molecular flexibility index (Phi) is 2.81. The quantitative estimate of drug-likeness (QED) is 0.692. The van der Waals surface area contributed by atoms with E-state index in [4.69, 9.17) is 4.74 Å². The van der Waals surface area contributed by atoms with Gasteiger partial charge in [-0.25, -0.2) is 4.98 Å². The molecule has 3 heteroatoms. The van der Waals surface area contributed by atoms with Crippen LogP contribution in [-0.4, -0.2) is 17.4 Å².